The lowest BCUT2D eigenvalue weighted by Crippen LogP contribution is -2.18. The quantitative estimate of drug-likeness (QED) is 0.341. The minimum Gasteiger partial charge on any atom is -0.496 e. The number of nitrogens with one attached hydrogen (secondary N) is 2. The molecule has 0 atom stereocenters. The summed E-state index contributed by atoms with van der Waals surface area (Å²) in [6, 6.07) is 14.5. The van der Waals surface area contributed by atoms with E-state index < -0.39 is 0 Å². The average molecular weight is 390 g/mol. The molecule has 0 aliphatic carbocycles. The van der Waals surface area contributed by atoms with Crippen molar-refractivity contribution in [1.82, 2.24) is 19.5 Å². The van der Waals surface area contributed by atoms with Gasteiger partial charge >= 0.3 is 5.69 Å². The van der Waals surface area contributed by atoms with Crippen molar-refractivity contribution in [3.8, 4) is 17.1 Å². The van der Waals surface area contributed by atoms with Crippen molar-refractivity contribution in [2.45, 2.75) is 6.54 Å². The molecule has 2 heterocycles. The summed E-state index contributed by atoms with van der Waals surface area (Å²) >= 11 is 0. The Kier molecular flexibility index (Phi) is 4.70. The molecule has 2 aromatic heterocycles. The van der Waals surface area contributed by atoms with Crippen LogP contribution in [0.5, 0.6) is 5.75 Å². The van der Waals surface area contributed by atoms with Gasteiger partial charge in [0.1, 0.15) is 11.3 Å². The highest BCUT2D eigenvalue weighted by Crippen LogP contribution is 2.25. The Hall–Kier alpha value is -4.14. The van der Waals surface area contributed by atoms with Gasteiger partial charge in [0.15, 0.2) is 17.3 Å². The topological polar surface area (TPSA) is 128 Å². The summed E-state index contributed by atoms with van der Waals surface area (Å²) in [4.78, 5) is 35.4. The molecule has 2 aromatic carbocycles. The van der Waals surface area contributed by atoms with Gasteiger partial charge in [-0.05, 0) is 18.2 Å². The second kappa shape index (κ2) is 7.47. The van der Waals surface area contributed by atoms with Crippen LogP contribution in [0, 0.1) is 0 Å². The van der Waals surface area contributed by atoms with Crippen molar-refractivity contribution < 1.29 is 9.53 Å². The van der Waals surface area contributed by atoms with Crippen LogP contribution in [-0.2, 0) is 11.3 Å². The maximum atomic E-state index is 12.7. The Balaban J connectivity index is 1.92. The van der Waals surface area contributed by atoms with Crippen LogP contribution in [0.1, 0.15) is 5.56 Å². The molecule has 146 valence electrons. The zero-order valence-corrected chi connectivity index (χ0v) is 15.5. The van der Waals surface area contributed by atoms with Crippen molar-refractivity contribution in [1.29, 1.82) is 0 Å². The largest absolute Gasteiger partial charge is 0.496 e. The van der Waals surface area contributed by atoms with E-state index in [1.807, 2.05) is 24.3 Å². The van der Waals surface area contributed by atoms with Gasteiger partial charge in [0.05, 0.1) is 13.7 Å². The number of rotatable bonds is 6. The van der Waals surface area contributed by atoms with Gasteiger partial charge in [-0.1, -0.05) is 30.3 Å². The Morgan fingerprint density at radius 2 is 2.03 bits per heavy atom. The fourth-order valence-electron chi connectivity index (χ4n) is 3.15. The van der Waals surface area contributed by atoms with E-state index in [4.69, 9.17) is 10.5 Å². The summed E-state index contributed by atoms with van der Waals surface area (Å²) in [5, 5.41) is 2.53. The number of imidazole rings is 1. The fraction of sp³-hybridized carbons (Fsp3) is 0.100. The number of anilines is 2. The summed E-state index contributed by atoms with van der Waals surface area (Å²) < 4.78 is 6.86. The number of H-pyrrole nitrogens is 1. The van der Waals surface area contributed by atoms with Crippen LogP contribution < -0.4 is 21.5 Å². The number of carbonyl (C=O) groups is 1. The minimum atomic E-state index is -0.376. The summed E-state index contributed by atoms with van der Waals surface area (Å²) in [7, 11) is 1.57. The molecule has 0 saturated heterocycles. The van der Waals surface area contributed by atoms with Crippen molar-refractivity contribution in [2.24, 2.45) is 0 Å². The second-order valence-electron chi connectivity index (χ2n) is 6.31. The molecule has 4 N–H and O–H groups in total. The van der Waals surface area contributed by atoms with Gasteiger partial charge in [-0.3, -0.25) is 9.36 Å². The second-order valence-corrected chi connectivity index (χ2v) is 6.31. The zero-order chi connectivity index (χ0) is 20.4. The van der Waals surface area contributed by atoms with E-state index in [2.05, 4.69) is 20.3 Å². The van der Waals surface area contributed by atoms with Gasteiger partial charge in [-0.15, -0.1) is 0 Å². The summed E-state index contributed by atoms with van der Waals surface area (Å²) in [6.45, 7) is 0.233. The van der Waals surface area contributed by atoms with Crippen LogP contribution >= 0.6 is 0 Å². The predicted octanol–water partition coefficient (Wildman–Crippen LogP) is 1.99. The van der Waals surface area contributed by atoms with Crippen LogP contribution in [0.3, 0.4) is 0 Å². The molecule has 0 aliphatic heterocycles. The lowest BCUT2D eigenvalue weighted by molar-refractivity contribution is -0.105. The molecule has 4 aromatic rings. The fourth-order valence-corrected chi connectivity index (χ4v) is 3.15. The van der Waals surface area contributed by atoms with Crippen molar-refractivity contribution in [3.05, 3.63) is 64.6 Å². The third-order valence-corrected chi connectivity index (χ3v) is 4.48. The van der Waals surface area contributed by atoms with E-state index in [0.29, 0.717) is 40.4 Å². The lowest BCUT2D eigenvalue weighted by atomic mass is 10.2. The maximum absolute atomic E-state index is 12.7. The number of para-hydroxylation sites is 1. The van der Waals surface area contributed by atoms with Crippen LogP contribution in [0.25, 0.3) is 22.6 Å². The first-order valence-corrected chi connectivity index (χ1v) is 8.79. The number of ether oxygens (including phenoxy) is 1. The van der Waals surface area contributed by atoms with Crippen LogP contribution in [0.15, 0.2) is 53.3 Å². The highest BCUT2D eigenvalue weighted by Gasteiger charge is 2.17. The van der Waals surface area contributed by atoms with Crippen LogP contribution in [0.2, 0.25) is 0 Å². The first-order valence-electron chi connectivity index (χ1n) is 8.79. The summed E-state index contributed by atoms with van der Waals surface area (Å²) in [5.41, 5.74) is 8.22. The van der Waals surface area contributed by atoms with Crippen molar-refractivity contribution in [3.63, 3.8) is 0 Å². The smallest absolute Gasteiger partial charge is 0.328 e. The molecule has 0 bridgehead atoms. The Bertz CT molecular complexity index is 1260. The van der Waals surface area contributed by atoms with Gasteiger partial charge < -0.3 is 20.8 Å². The summed E-state index contributed by atoms with van der Waals surface area (Å²) in [6.07, 6.45) is 0.501. The molecule has 9 heteroatoms. The van der Waals surface area contributed by atoms with Gasteiger partial charge in [0, 0.05) is 16.8 Å². The van der Waals surface area contributed by atoms with E-state index in [1.165, 1.54) is 4.57 Å². The number of nitrogens with zero attached hydrogens (tertiary/aromatic N) is 3. The van der Waals surface area contributed by atoms with Crippen LogP contribution in [0.4, 0.5) is 11.5 Å². The zero-order valence-electron chi connectivity index (χ0n) is 15.5. The molecule has 0 fully saturated rings. The van der Waals surface area contributed by atoms with E-state index in [-0.39, 0.29) is 18.1 Å². The highest BCUT2D eigenvalue weighted by atomic mass is 16.5. The van der Waals surface area contributed by atoms with E-state index in [1.54, 1.807) is 31.4 Å². The number of aromatic nitrogens is 4. The molecule has 0 saturated carbocycles. The number of hydrogen-bond donors (Lipinski definition) is 3. The molecule has 4 rings (SSSR count). The van der Waals surface area contributed by atoms with Crippen LogP contribution in [-0.4, -0.2) is 33.0 Å². The van der Waals surface area contributed by atoms with E-state index in [9.17, 15) is 9.59 Å². The number of fused-ring (bicyclic) bond motifs is 1. The van der Waals surface area contributed by atoms with E-state index in [0.717, 1.165) is 5.56 Å². The SMILES string of the molecule is COc1ccccc1Cn1c(=O)[nH]c2c(NC=O)nc(-c3cccc(N)c3)nc21. The third-order valence-electron chi connectivity index (χ3n) is 4.48. The maximum Gasteiger partial charge on any atom is 0.328 e. The molecule has 1 amide bonds. The molecular weight excluding hydrogens is 372 g/mol. The van der Waals surface area contributed by atoms with Gasteiger partial charge in [-0.25, -0.2) is 14.8 Å². The highest BCUT2D eigenvalue weighted by molar-refractivity contribution is 5.90. The Morgan fingerprint density at radius 1 is 1.21 bits per heavy atom. The lowest BCUT2D eigenvalue weighted by Gasteiger charge is -2.10. The number of amides is 1. The standard InChI is InChI=1S/C20H18N6O3/c1-29-15-8-3-2-5-13(15)10-26-19-16(23-20(26)28)18(22-11-27)24-17(25-19)12-6-4-7-14(21)9-12/h2-9,11H,10,21H2,1H3,(H,23,28)(H,22,24,25,27). The molecule has 0 radical (unpaired) electrons. The predicted molar refractivity (Wildman–Crippen MR) is 110 cm³/mol. The Labute approximate surface area is 165 Å². The van der Waals surface area contributed by atoms with Crippen molar-refractivity contribution >= 4 is 29.1 Å². The number of benzene rings is 2. The first kappa shape index (κ1) is 18.2. The normalized spacial score (nSPS) is 10.8. The molecule has 0 spiro atoms. The van der Waals surface area contributed by atoms with Crippen molar-refractivity contribution in [2.75, 3.05) is 18.2 Å². The van der Waals surface area contributed by atoms with Gasteiger partial charge in [0.2, 0.25) is 6.41 Å². The first-order chi connectivity index (χ1) is 14.1. The van der Waals surface area contributed by atoms with Gasteiger partial charge in [-0.2, -0.15) is 0 Å². The number of nitrogens with two attached hydrogens (primary N) is 1. The number of methoxy groups -OCH3 is 1. The number of aromatic amines is 1. The number of hydrogen-bond acceptors (Lipinski definition) is 6. The minimum absolute atomic E-state index is 0.207. The molecular formula is C20H18N6O3. The van der Waals surface area contributed by atoms with E-state index >= 15 is 0 Å². The summed E-state index contributed by atoms with van der Waals surface area (Å²) in [5.74, 6) is 1.20. The molecule has 29 heavy (non-hydrogen) atoms. The van der Waals surface area contributed by atoms with Gasteiger partial charge in [0.25, 0.3) is 0 Å². The molecule has 9 nitrogen and oxygen atoms in total. The third kappa shape index (κ3) is 3.41. The number of nitrogen functional groups attached to an aromatic ring is 1. The Morgan fingerprint density at radius 3 is 2.79 bits per heavy atom. The number of carbonyl (C=O) groups excluding carboxylic acids is 1. The molecule has 0 aliphatic rings. The monoisotopic (exact) mass is 390 g/mol. The average Bonchev–Trinajstić information content (AvgIpc) is 3.04. The molecule has 0 unspecified atom stereocenters.